The molecule has 1 N–H and O–H groups in total. The monoisotopic (exact) mass is 387 g/mol. The third kappa shape index (κ3) is 4.84. The number of hydrogen-bond acceptors (Lipinski definition) is 4. The van der Waals surface area contributed by atoms with Crippen LogP contribution < -0.4 is 5.32 Å². The lowest BCUT2D eigenvalue weighted by Gasteiger charge is -2.31. The van der Waals surface area contributed by atoms with Crippen LogP contribution in [0.25, 0.3) is 0 Å². The molecule has 27 heavy (non-hydrogen) atoms. The van der Waals surface area contributed by atoms with Crippen LogP contribution in [0.4, 0.5) is 11.4 Å². The van der Waals surface area contributed by atoms with Gasteiger partial charge in [-0.1, -0.05) is 35.9 Å². The first-order valence-corrected chi connectivity index (χ1v) is 9.33. The number of carbonyl (C=O) groups is 1. The zero-order valence-corrected chi connectivity index (χ0v) is 15.9. The first kappa shape index (κ1) is 19.3. The van der Waals surface area contributed by atoms with Crippen LogP contribution in [-0.2, 0) is 11.3 Å². The lowest BCUT2D eigenvalue weighted by Crippen LogP contribution is -2.37. The summed E-state index contributed by atoms with van der Waals surface area (Å²) < 4.78 is 0. The van der Waals surface area contributed by atoms with E-state index in [1.165, 1.54) is 29.3 Å². The molecule has 142 valence electrons. The zero-order chi connectivity index (χ0) is 19.4. The molecular weight excluding hydrogens is 366 g/mol. The molecule has 0 atom stereocenters. The Morgan fingerprint density at radius 2 is 1.96 bits per heavy atom. The number of nitro benzene ring substituents is 1. The second-order valence-electron chi connectivity index (χ2n) is 6.89. The van der Waals surface area contributed by atoms with Crippen molar-refractivity contribution >= 4 is 28.9 Å². The van der Waals surface area contributed by atoms with Gasteiger partial charge in [-0.15, -0.1) is 0 Å². The summed E-state index contributed by atoms with van der Waals surface area (Å²) in [5.74, 6) is -0.249. The van der Waals surface area contributed by atoms with Gasteiger partial charge in [-0.05, 0) is 50.0 Å². The first-order valence-electron chi connectivity index (χ1n) is 8.95. The highest BCUT2D eigenvalue weighted by molar-refractivity contribution is 6.33. The Balaban J connectivity index is 1.57. The summed E-state index contributed by atoms with van der Waals surface area (Å²) in [4.78, 5) is 25.3. The van der Waals surface area contributed by atoms with Crippen LogP contribution in [0.5, 0.6) is 0 Å². The lowest BCUT2D eigenvalue weighted by molar-refractivity contribution is -0.384. The lowest BCUT2D eigenvalue weighted by atomic mass is 9.95. The van der Waals surface area contributed by atoms with Crippen molar-refractivity contribution in [1.82, 2.24) is 4.90 Å². The fourth-order valence-corrected chi connectivity index (χ4v) is 3.50. The Hall–Kier alpha value is -2.44. The normalized spacial score (nSPS) is 15.5. The topological polar surface area (TPSA) is 75.5 Å². The van der Waals surface area contributed by atoms with Gasteiger partial charge in [-0.3, -0.25) is 19.8 Å². The van der Waals surface area contributed by atoms with Gasteiger partial charge in [0.25, 0.3) is 5.69 Å². The summed E-state index contributed by atoms with van der Waals surface area (Å²) in [5, 5.41) is 14.0. The van der Waals surface area contributed by atoms with Crippen LogP contribution in [0.2, 0.25) is 5.02 Å². The Kier molecular flexibility index (Phi) is 6.08. The van der Waals surface area contributed by atoms with E-state index >= 15 is 0 Å². The van der Waals surface area contributed by atoms with Gasteiger partial charge >= 0.3 is 0 Å². The molecule has 0 spiro atoms. The van der Waals surface area contributed by atoms with Crippen LogP contribution in [0, 0.1) is 23.0 Å². The standard InChI is InChI=1S/C20H22ClN3O3/c1-14-4-2-3-5-16(14)13-23-10-8-15(9-11-23)20(25)22-19-12-17(24(26)27)6-7-18(19)21/h2-7,12,15H,8-11,13H2,1H3,(H,22,25). The number of halogens is 1. The van der Waals surface area contributed by atoms with Crippen molar-refractivity contribution in [2.75, 3.05) is 18.4 Å². The number of anilines is 1. The van der Waals surface area contributed by atoms with E-state index in [1.54, 1.807) is 0 Å². The van der Waals surface area contributed by atoms with E-state index in [0.717, 1.165) is 32.5 Å². The van der Waals surface area contributed by atoms with Crippen LogP contribution in [0.3, 0.4) is 0 Å². The Morgan fingerprint density at radius 1 is 1.26 bits per heavy atom. The first-order chi connectivity index (χ1) is 12.9. The van der Waals surface area contributed by atoms with Gasteiger partial charge in [-0.2, -0.15) is 0 Å². The summed E-state index contributed by atoms with van der Waals surface area (Å²) in [6.07, 6.45) is 1.51. The number of carbonyl (C=O) groups excluding carboxylic acids is 1. The quantitative estimate of drug-likeness (QED) is 0.609. The number of likely N-dealkylation sites (tertiary alicyclic amines) is 1. The van der Waals surface area contributed by atoms with Crippen molar-refractivity contribution in [3.8, 4) is 0 Å². The molecule has 1 aliphatic rings. The van der Waals surface area contributed by atoms with Crippen molar-refractivity contribution in [1.29, 1.82) is 0 Å². The predicted molar refractivity (Wildman–Crippen MR) is 106 cm³/mol. The summed E-state index contributed by atoms with van der Waals surface area (Å²) in [6.45, 7) is 4.68. The van der Waals surface area contributed by atoms with Gasteiger partial charge < -0.3 is 5.32 Å². The summed E-state index contributed by atoms with van der Waals surface area (Å²) >= 11 is 6.07. The molecule has 1 aliphatic heterocycles. The summed E-state index contributed by atoms with van der Waals surface area (Å²) in [5.41, 5.74) is 2.78. The molecule has 7 heteroatoms. The SMILES string of the molecule is Cc1ccccc1CN1CCC(C(=O)Nc2cc([N+](=O)[O-])ccc2Cl)CC1. The van der Waals surface area contributed by atoms with Crippen LogP contribution in [-0.4, -0.2) is 28.8 Å². The van der Waals surface area contributed by atoms with E-state index in [9.17, 15) is 14.9 Å². The Bertz CT molecular complexity index is 848. The predicted octanol–water partition coefficient (Wildman–Crippen LogP) is 4.41. The number of aryl methyl sites for hydroxylation is 1. The number of non-ortho nitro benzene ring substituents is 1. The molecular formula is C20H22ClN3O3. The third-order valence-corrected chi connectivity index (χ3v) is 5.36. The second kappa shape index (κ2) is 8.50. The van der Waals surface area contributed by atoms with E-state index in [4.69, 9.17) is 11.6 Å². The molecule has 0 unspecified atom stereocenters. The molecule has 0 saturated carbocycles. The second-order valence-corrected chi connectivity index (χ2v) is 7.29. The largest absolute Gasteiger partial charge is 0.324 e. The third-order valence-electron chi connectivity index (χ3n) is 5.03. The number of nitrogens with zero attached hydrogens (tertiary/aromatic N) is 2. The van der Waals surface area contributed by atoms with Crippen molar-refractivity contribution < 1.29 is 9.72 Å². The molecule has 1 heterocycles. The van der Waals surface area contributed by atoms with Gasteiger partial charge in [0.05, 0.1) is 15.6 Å². The molecule has 1 saturated heterocycles. The molecule has 1 fully saturated rings. The number of piperidine rings is 1. The smallest absolute Gasteiger partial charge is 0.271 e. The molecule has 0 bridgehead atoms. The maximum absolute atomic E-state index is 12.6. The van der Waals surface area contributed by atoms with Crippen LogP contribution in [0.1, 0.15) is 24.0 Å². The number of nitro groups is 1. The molecule has 0 aliphatic carbocycles. The summed E-state index contributed by atoms with van der Waals surface area (Å²) in [7, 11) is 0. The van der Waals surface area contributed by atoms with E-state index < -0.39 is 4.92 Å². The summed E-state index contributed by atoms with van der Waals surface area (Å²) in [6, 6.07) is 12.4. The molecule has 2 aromatic carbocycles. The fourth-order valence-electron chi connectivity index (χ4n) is 3.34. The molecule has 0 aromatic heterocycles. The molecule has 2 aromatic rings. The minimum absolute atomic E-state index is 0.0947. The highest BCUT2D eigenvalue weighted by Crippen LogP contribution is 2.28. The van der Waals surface area contributed by atoms with Crippen molar-refractivity contribution in [3.63, 3.8) is 0 Å². The molecule has 3 rings (SSSR count). The molecule has 1 amide bonds. The Morgan fingerprint density at radius 3 is 2.63 bits per heavy atom. The number of nitrogens with one attached hydrogen (secondary N) is 1. The average molecular weight is 388 g/mol. The van der Waals surface area contributed by atoms with Crippen molar-refractivity contribution in [3.05, 3.63) is 68.7 Å². The van der Waals surface area contributed by atoms with Gasteiger partial charge in [0, 0.05) is 24.6 Å². The van der Waals surface area contributed by atoms with Gasteiger partial charge in [0.1, 0.15) is 0 Å². The minimum atomic E-state index is -0.504. The maximum Gasteiger partial charge on any atom is 0.271 e. The van der Waals surface area contributed by atoms with E-state index in [0.29, 0.717) is 10.7 Å². The number of hydrogen-bond donors (Lipinski definition) is 1. The van der Waals surface area contributed by atoms with E-state index in [-0.39, 0.29) is 17.5 Å². The van der Waals surface area contributed by atoms with Gasteiger partial charge in [0.2, 0.25) is 5.91 Å². The van der Waals surface area contributed by atoms with Crippen LogP contribution in [0.15, 0.2) is 42.5 Å². The number of benzene rings is 2. The maximum atomic E-state index is 12.6. The molecule has 6 nitrogen and oxygen atoms in total. The number of rotatable bonds is 5. The van der Waals surface area contributed by atoms with Gasteiger partial charge in [-0.25, -0.2) is 0 Å². The highest BCUT2D eigenvalue weighted by atomic mass is 35.5. The molecule has 0 radical (unpaired) electrons. The van der Waals surface area contributed by atoms with Crippen molar-refractivity contribution in [2.24, 2.45) is 5.92 Å². The number of amides is 1. The van der Waals surface area contributed by atoms with Gasteiger partial charge in [0.15, 0.2) is 0 Å². The highest BCUT2D eigenvalue weighted by Gasteiger charge is 2.26. The van der Waals surface area contributed by atoms with Crippen molar-refractivity contribution in [2.45, 2.75) is 26.3 Å². The van der Waals surface area contributed by atoms with E-state index in [1.807, 2.05) is 12.1 Å². The minimum Gasteiger partial charge on any atom is -0.324 e. The van der Waals surface area contributed by atoms with Crippen LogP contribution >= 0.6 is 11.6 Å². The van der Waals surface area contributed by atoms with E-state index in [2.05, 4.69) is 29.3 Å². The zero-order valence-electron chi connectivity index (χ0n) is 15.2. The average Bonchev–Trinajstić information content (AvgIpc) is 2.65. The fraction of sp³-hybridized carbons (Fsp3) is 0.350. The Labute approximate surface area is 163 Å².